The highest BCUT2D eigenvalue weighted by molar-refractivity contribution is 7.95. The van der Waals surface area contributed by atoms with E-state index in [1.54, 1.807) is 37.3 Å². The number of sulfone groups is 1. The molecule has 0 radical (unpaired) electrons. The molecule has 25 heavy (non-hydrogen) atoms. The molecule has 0 saturated heterocycles. The lowest BCUT2D eigenvalue weighted by atomic mass is 10.0. The van der Waals surface area contributed by atoms with Crippen LogP contribution in [0.5, 0.6) is 0 Å². The Bertz CT molecular complexity index is 940. The second-order valence-electron chi connectivity index (χ2n) is 5.58. The predicted molar refractivity (Wildman–Crippen MR) is 96.3 cm³/mol. The summed E-state index contributed by atoms with van der Waals surface area (Å²) in [6.07, 6.45) is 1.62. The molecule has 3 rings (SSSR count). The largest absolute Gasteiger partial charge is 0.462 e. The van der Waals surface area contributed by atoms with E-state index in [2.05, 4.69) is 0 Å². The number of esters is 1. The van der Waals surface area contributed by atoms with Gasteiger partial charge in [-0.05, 0) is 36.3 Å². The fourth-order valence-corrected chi connectivity index (χ4v) is 4.21. The first kappa shape index (κ1) is 17.2. The van der Waals surface area contributed by atoms with E-state index in [-0.39, 0.29) is 22.8 Å². The Kier molecular flexibility index (Phi) is 4.86. The minimum Gasteiger partial charge on any atom is -0.462 e. The molecule has 2 aromatic rings. The molecule has 0 fully saturated rings. The highest BCUT2D eigenvalue weighted by Gasteiger charge is 2.30. The molecule has 4 nitrogen and oxygen atoms in total. The lowest BCUT2D eigenvalue weighted by Crippen LogP contribution is -2.06. The van der Waals surface area contributed by atoms with Gasteiger partial charge in [-0.15, -0.1) is 0 Å². The maximum absolute atomic E-state index is 12.9. The van der Waals surface area contributed by atoms with E-state index in [9.17, 15) is 13.2 Å². The average Bonchev–Trinajstić information content (AvgIpc) is 3.10. The maximum Gasteiger partial charge on any atom is 0.338 e. The third-order valence-corrected chi connectivity index (χ3v) is 5.84. The smallest absolute Gasteiger partial charge is 0.338 e. The quantitative estimate of drug-likeness (QED) is 0.767. The van der Waals surface area contributed by atoms with E-state index < -0.39 is 15.8 Å². The van der Waals surface area contributed by atoms with Crippen molar-refractivity contribution in [2.45, 2.75) is 18.2 Å². The zero-order chi connectivity index (χ0) is 17.9. The van der Waals surface area contributed by atoms with Crippen molar-refractivity contribution in [3.05, 3.63) is 82.8 Å². The summed E-state index contributed by atoms with van der Waals surface area (Å²) < 4.78 is 30.9. The number of carbonyl (C=O) groups excluding carboxylic acids is 1. The Hall–Kier alpha value is -2.66. The second-order valence-corrected chi connectivity index (χ2v) is 7.59. The van der Waals surface area contributed by atoms with Crippen LogP contribution in [0.2, 0.25) is 0 Å². The van der Waals surface area contributed by atoms with E-state index in [0.29, 0.717) is 11.1 Å². The molecule has 0 unspecified atom stereocenters. The number of ether oxygens (including phenoxy) is 1. The van der Waals surface area contributed by atoms with Crippen molar-refractivity contribution in [1.82, 2.24) is 0 Å². The first-order valence-corrected chi connectivity index (χ1v) is 9.48. The molecule has 0 atom stereocenters. The zero-order valence-corrected chi connectivity index (χ0v) is 14.6. The number of benzene rings is 2. The van der Waals surface area contributed by atoms with Gasteiger partial charge in [0, 0.05) is 6.42 Å². The van der Waals surface area contributed by atoms with E-state index in [0.717, 1.165) is 5.56 Å². The number of rotatable bonds is 5. The van der Waals surface area contributed by atoms with E-state index in [1.807, 2.05) is 30.3 Å². The van der Waals surface area contributed by atoms with Crippen LogP contribution in [0.25, 0.3) is 5.57 Å². The van der Waals surface area contributed by atoms with E-state index in [1.165, 1.54) is 6.08 Å². The lowest BCUT2D eigenvalue weighted by Gasteiger charge is -2.08. The minimum atomic E-state index is -3.65. The first-order valence-electron chi connectivity index (χ1n) is 8.00. The summed E-state index contributed by atoms with van der Waals surface area (Å²) in [5, 5.41) is 0. The predicted octanol–water partition coefficient (Wildman–Crippen LogP) is 3.76. The van der Waals surface area contributed by atoms with Crippen LogP contribution in [0.3, 0.4) is 0 Å². The van der Waals surface area contributed by atoms with Crippen molar-refractivity contribution in [1.29, 1.82) is 0 Å². The minimum absolute atomic E-state index is 0.176. The molecule has 0 aromatic heterocycles. The van der Waals surface area contributed by atoms with Gasteiger partial charge in [0.25, 0.3) is 0 Å². The topological polar surface area (TPSA) is 60.4 Å². The first-order chi connectivity index (χ1) is 12.0. The lowest BCUT2D eigenvalue weighted by molar-refractivity contribution is -0.138. The molecule has 1 aliphatic rings. The number of hydrogen-bond donors (Lipinski definition) is 0. The molecule has 0 spiro atoms. The zero-order valence-electron chi connectivity index (χ0n) is 13.8. The van der Waals surface area contributed by atoms with Gasteiger partial charge in [0.2, 0.25) is 9.84 Å². The normalized spacial score (nSPS) is 14.4. The van der Waals surface area contributed by atoms with Crippen molar-refractivity contribution in [2.24, 2.45) is 0 Å². The van der Waals surface area contributed by atoms with Crippen molar-refractivity contribution < 1.29 is 17.9 Å². The molecule has 2 aromatic carbocycles. The van der Waals surface area contributed by atoms with E-state index >= 15 is 0 Å². The van der Waals surface area contributed by atoms with Crippen LogP contribution < -0.4 is 0 Å². The Morgan fingerprint density at radius 3 is 2.20 bits per heavy atom. The van der Waals surface area contributed by atoms with Crippen LogP contribution >= 0.6 is 0 Å². The summed E-state index contributed by atoms with van der Waals surface area (Å²) in [4.78, 5) is 12.7. The number of allylic oxidation sites excluding steroid dienone is 2. The van der Waals surface area contributed by atoms with Gasteiger partial charge >= 0.3 is 5.97 Å². The van der Waals surface area contributed by atoms with Gasteiger partial charge in [-0.2, -0.15) is 0 Å². The maximum atomic E-state index is 12.9. The molecule has 0 saturated carbocycles. The van der Waals surface area contributed by atoms with Crippen LogP contribution in [0, 0.1) is 0 Å². The summed E-state index contributed by atoms with van der Waals surface area (Å²) in [5.74, 6) is -0.500. The summed E-state index contributed by atoms with van der Waals surface area (Å²) in [7, 11) is -3.65. The molecule has 0 amide bonds. The van der Waals surface area contributed by atoms with Gasteiger partial charge in [-0.25, -0.2) is 13.2 Å². The fourth-order valence-electron chi connectivity index (χ4n) is 2.78. The molecule has 0 heterocycles. The summed E-state index contributed by atoms with van der Waals surface area (Å²) >= 11 is 0. The van der Waals surface area contributed by atoms with Crippen LogP contribution in [0.4, 0.5) is 0 Å². The Morgan fingerprint density at radius 2 is 1.60 bits per heavy atom. The summed E-state index contributed by atoms with van der Waals surface area (Å²) in [5.41, 5.74) is 1.80. The standard InChI is InChI=1S/C20H18O4S/c1-2-24-20(21)19-14-17(13-18(19)15-9-5-3-6-10-15)25(22,23)16-11-7-4-8-12-16/h3-12,14H,2,13H2,1H3. The summed E-state index contributed by atoms with van der Waals surface area (Å²) in [6.45, 7) is 1.96. The van der Waals surface area contributed by atoms with Crippen molar-refractivity contribution in [3.8, 4) is 0 Å². The Morgan fingerprint density at radius 1 is 1.00 bits per heavy atom. The SMILES string of the molecule is CCOC(=O)C1=C(c2ccccc2)CC(S(=O)(=O)c2ccccc2)=C1. The van der Waals surface area contributed by atoms with Crippen molar-refractivity contribution >= 4 is 21.4 Å². The van der Waals surface area contributed by atoms with Gasteiger partial charge in [0.05, 0.1) is 22.0 Å². The molecular weight excluding hydrogens is 336 g/mol. The molecule has 128 valence electrons. The number of hydrogen-bond acceptors (Lipinski definition) is 4. The second kappa shape index (κ2) is 7.07. The van der Waals surface area contributed by atoms with Gasteiger partial charge in [-0.3, -0.25) is 0 Å². The van der Waals surface area contributed by atoms with Gasteiger partial charge in [-0.1, -0.05) is 48.5 Å². The number of carbonyl (C=O) groups is 1. The fraction of sp³-hybridized carbons (Fsp3) is 0.150. The molecule has 0 bridgehead atoms. The molecule has 0 N–H and O–H groups in total. The Labute approximate surface area is 147 Å². The van der Waals surface area contributed by atoms with Crippen molar-refractivity contribution in [3.63, 3.8) is 0 Å². The van der Waals surface area contributed by atoms with Gasteiger partial charge in [0.15, 0.2) is 0 Å². The average molecular weight is 354 g/mol. The molecule has 0 aliphatic heterocycles. The van der Waals surface area contributed by atoms with Gasteiger partial charge < -0.3 is 4.74 Å². The highest BCUT2D eigenvalue weighted by Crippen LogP contribution is 2.38. The third kappa shape index (κ3) is 3.42. The summed E-state index contributed by atoms with van der Waals surface area (Å²) in [6, 6.07) is 17.5. The molecular formula is C20H18O4S. The third-order valence-electron chi connectivity index (χ3n) is 4.00. The van der Waals surface area contributed by atoms with Crippen LogP contribution in [0.1, 0.15) is 18.9 Å². The van der Waals surface area contributed by atoms with Gasteiger partial charge in [0.1, 0.15) is 0 Å². The van der Waals surface area contributed by atoms with Crippen LogP contribution in [-0.2, 0) is 19.4 Å². The van der Waals surface area contributed by atoms with Crippen LogP contribution in [0.15, 0.2) is 82.1 Å². The Balaban J connectivity index is 2.04. The van der Waals surface area contributed by atoms with Crippen LogP contribution in [-0.4, -0.2) is 21.0 Å². The van der Waals surface area contributed by atoms with E-state index in [4.69, 9.17) is 4.74 Å². The van der Waals surface area contributed by atoms with Crippen molar-refractivity contribution in [2.75, 3.05) is 6.61 Å². The monoisotopic (exact) mass is 354 g/mol. The highest BCUT2D eigenvalue weighted by atomic mass is 32.2. The molecule has 1 aliphatic carbocycles. The molecule has 5 heteroatoms.